The highest BCUT2D eigenvalue weighted by molar-refractivity contribution is 5.85. The minimum Gasteiger partial charge on any atom is -0.441 e. The first kappa shape index (κ1) is 24.9. The van der Waals surface area contributed by atoms with Gasteiger partial charge in [-0.2, -0.15) is 0 Å². The number of nitrogens with zero attached hydrogens (tertiary/aromatic N) is 2. The number of nitrogens with two attached hydrogens (primary N) is 1. The van der Waals surface area contributed by atoms with Crippen molar-refractivity contribution in [2.24, 2.45) is 11.7 Å². The van der Waals surface area contributed by atoms with E-state index in [-0.39, 0.29) is 42.5 Å². The SMILES string of the molecule is Cl.Cl.NCCNC(=O)C1CCCN(C(=O)CCc2ncc(-c3ccccc3)o2)C1. The number of carbonyl (C=O) groups is 2. The number of nitrogens with one attached hydrogen (secondary N) is 1. The molecule has 3 rings (SSSR count). The number of rotatable bonds is 7. The zero-order valence-electron chi connectivity index (χ0n) is 16.2. The highest BCUT2D eigenvalue weighted by Crippen LogP contribution is 2.21. The van der Waals surface area contributed by atoms with Crippen LogP contribution in [0.15, 0.2) is 40.9 Å². The second-order valence-corrected chi connectivity index (χ2v) is 6.74. The van der Waals surface area contributed by atoms with Crippen molar-refractivity contribution in [1.82, 2.24) is 15.2 Å². The molecule has 0 bridgehead atoms. The van der Waals surface area contributed by atoms with Crippen molar-refractivity contribution in [1.29, 1.82) is 0 Å². The van der Waals surface area contributed by atoms with Gasteiger partial charge in [0.2, 0.25) is 11.8 Å². The van der Waals surface area contributed by atoms with Crippen LogP contribution in [-0.4, -0.2) is 47.9 Å². The van der Waals surface area contributed by atoms with Gasteiger partial charge in [0, 0.05) is 44.6 Å². The third-order valence-electron chi connectivity index (χ3n) is 4.75. The standard InChI is InChI=1S/C20H26N4O3.2ClH/c21-10-11-22-20(26)16-7-4-12-24(14-16)19(25)9-8-18-23-13-17(27-18)15-5-2-1-3-6-15;;/h1-3,5-6,13,16H,4,7-12,14,21H2,(H,22,26);2*1H. The van der Waals surface area contributed by atoms with Gasteiger partial charge in [0.1, 0.15) is 0 Å². The lowest BCUT2D eigenvalue weighted by Crippen LogP contribution is -2.46. The van der Waals surface area contributed by atoms with Crippen molar-refractivity contribution in [2.45, 2.75) is 25.7 Å². The van der Waals surface area contributed by atoms with Gasteiger partial charge in [-0.25, -0.2) is 4.98 Å². The van der Waals surface area contributed by atoms with E-state index < -0.39 is 0 Å². The average molecular weight is 443 g/mol. The summed E-state index contributed by atoms with van der Waals surface area (Å²) < 4.78 is 5.75. The van der Waals surface area contributed by atoms with Crippen molar-refractivity contribution in [3.05, 3.63) is 42.4 Å². The number of carbonyl (C=O) groups excluding carboxylic acids is 2. The predicted molar refractivity (Wildman–Crippen MR) is 116 cm³/mol. The Kier molecular flexibility index (Phi) is 10.7. The van der Waals surface area contributed by atoms with Gasteiger partial charge >= 0.3 is 0 Å². The summed E-state index contributed by atoms with van der Waals surface area (Å²) in [4.78, 5) is 30.7. The summed E-state index contributed by atoms with van der Waals surface area (Å²) in [6.07, 6.45) is 4.11. The maximum atomic E-state index is 12.5. The molecule has 1 aromatic heterocycles. The third-order valence-corrected chi connectivity index (χ3v) is 4.75. The largest absolute Gasteiger partial charge is 0.441 e. The first-order chi connectivity index (χ1) is 13.2. The molecule has 29 heavy (non-hydrogen) atoms. The van der Waals surface area contributed by atoms with Crippen LogP contribution >= 0.6 is 24.8 Å². The van der Waals surface area contributed by atoms with Gasteiger partial charge in [-0.05, 0) is 12.8 Å². The van der Waals surface area contributed by atoms with Gasteiger partial charge in [0.05, 0.1) is 12.1 Å². The molecule has 2 aromatic rings. The molecule has 1 aliphatic heterocycles. The molecule has 1 atom stereocenters. The van der Waals surface area contributed by atoms with Crippen LogP contribution in [0.5, 0.6) is 0 Å². The fourth-order valence-electron chi connectivity index (χ4n) is 3.29. The summed E-state index contributed by atoms with van der Waals surface area (Å²) in [6.45, 7) is 2.05. The Labute approximate surface area is 183 Å². The summed E-state index contributed by atoms with van der Waals surface area (Å²) in [5.74, 6) is 1.12. The van der Waals surface area contributed by atoms with Crippen LogP contribution in [-0.2, 0) is 16.0 Å². The minimum absolute atomic E-state index is 0. The van der Waals surface area contributed by atoms with Crippen molar-refractivity contribution in [3.8, 4) is 11.3 Å². The molecule has 7 nitrogen and oxygen atoms in total. The van der Waals surface area contributed by atoms with E-state index in [1.54, 1.807) is 11.1 Å². The van der Waals surface area contributed by atoms with Gasteiger partial charge < -0.3 is 20.4 Å². The molecule has 2 heterocycles. The number of amides is 2. The molecular weight excluding hydrogens is 415 g/mol. The highest BCUT2D eigenvalue weighted by atomic mass is 35.5. The number of aromatic nitrogens is 1. The predicted octanol–water partition coefficient (Wildman–Crippen LogP) is 2.43. The monoisotopic (exact) mass is 442 g/mol. The number of aryl methyl sites for hydroxylation is 1. The second-order valence-electron chi connectivity index (χ2n) is 6.74. The molecule has 3 N–H and O–H groups in total. The lowest BCUT2D eigenvalue weighted by atomic mass is 9.96. The van der Waals surface area contributed by atoms with Crippen LogP contribution in [0.25, 0.3) is 11.3 Å². The molecule has 1 aliphatic rings. The molecule has 0 aliphatic carbocycles. The number of hydrogen-bond donors (Lipinski definition) is 2. The lowest BCUT2D eigenvalue weighted by Gasteiger charge is -2.32. The van der Waals surface area contributed by atoms with Crippen LogP contribution in [0.3, 0.4) is 0 Å². The first-order valence-electron chi connectivity index (χ1n) is 9.43. The molecular formula is C20H28Cl2N4O3. The zero-order valence-corrected chi connectivity index (χ0v) is 17.8. The summed E-state index contributed by atoms with van der Waals surface area (Å²) >= 11 is 0. The van der Waals surface area contributed by atoms with Crippen molar-refractivity contribution >= 4 is 36.6 Å². The summed E-state index contributed by atoms with van der Waals surface area (Å²) in [6, 6.07) is 9.74. The number of oxazole rings is 1. The molecule has 0 spiro atoms. The highest BCUT2D eigenvalue weighted by Gasteiger charge is 2.28. The topological polar surface area (TPSA) is 101 Å². The van der Waals surface area contributed by atoms with Gasteiger partial charge in [-0.15, -0.1) is 24.8 Å². The Bertz CT molecular complexity index is 770. The van der Waals surface area contributed by atoms with Crippen LogP contribution in [0.2, 0.25) is 0 Å². The van der Waals surface area contributed by atoms with Crippen molar-refractivity contribution < 1.29 is 14.0 Å². The lowest BCUT2D eigenvalue weighted by molar-refractivity contribution is -0.135. The van der Waals surface area contributed by atoms with Crippen LogP contribution in [0.1, 0.15) is 25.2 Å². The maximum Gasteiger partial charge on any atom is 0.224 e. The molecule has 1 fully saturated rings. The van der Waals surface area contributed by atoms with E-state index in [4.69, 9.17) is 10.2 Å². The molecule has 1 saturated heterocycles. The summed E-state index contributed by atoms with van der Waals surface area (Å²) in [7, 11) is 0. The number of halogens is 2. The quantitative estimate of drug-likeness (QED) is 0.685. The zero-order chi connectivity index (χ0) is 19.1. The van der Waals surface area contributed by atoms with Gasteiger partial charge in [0.25, 0.3) is 0 Å². The maximum absolute atomic E-state index is 12.5. The van der Waals surface area contributed by atoms with Crippen LogP contribution in [0, 0.1) is 5.92 Å². The smallest absolute Gasteiger partial charge is 0.224 e. The van der Waals surface area contributed by atoms with Crippen LogP contribution in [0.4, 0.5) is 0 Å². The molecule has 160 valence electrons. The molecule has 0 saturated carbocycles. The van der Waals surface area contributed by atoms with E-state index in [0.29, 0.717) is 50.7 Å². The van der Waals surface area contributed by atoms with E-state index in [1.165, 1.54) is 0 Å². The number of likely N-dealkylation sites (tertiary alicyclic amines) is 1. The van der Waals surface area contributed by atoms with E-state index in [2.05, 4.69) is 10.3 Å². The minimum atomic E-state index is -0.152. The Hall–Kier alpha value is -2.09. The molecule has 1 aromatic carbocycles. The van der Waals surface area contributed by atoms with Crippen molar-refractivity contribution in [2.75, 3.05) is 26.2 Å². The molecule has 2 amide bonds. The first-order valence-corrected chi connectivity index (χ1v) is 9.43. The van der Waals surface area contributed by atoms with E-state index in [9.17, 15) is 9.59 Å². The average Bonchev–Trinajstić information content (AvgIpc) is 3.20. The van der Waals surface area contributed by atoms with Gasteiger partial charge in [0.15, 0.2) is 11.7 Å². The van der Waals surface area contributed by atoms with Gasteiger partial charge in [-0.3, -0.25) is 9.59 Å². The Morgan fingerprint density at radius 1 is 1.24 bits per heavy atom. The normalized spacial score (nSPS) is 15.8. The van der Waals surface area contributed by atoms with Crippen molar-refractivity contribution in [3.63, 3.8) is 0 Å². The molecule has 9 heteroatoms. The van der Waals surface area contributed by atoms with Crippen LogP contribution < -0.4 is 11.1 Å². The summed E-state index contributed by atoms with van der Waals surface area (Å²) in [5.41, 5.74) is 6.38. The number of benzene rings is 1. The van der Waals surface area contributed by atoms with E-state index in [0.717, 1.165) is 18.4 Å². The Morgan fingerprint density at radius 3 is 2.72 bits per heavy atom. The Balaban J connectivity index is 0.00000210. The number of piperidine rings is 1. The molecule has 1 unspecified atom stereocenters. The van der Waals surface area contributed by atoms with E-state index in [1.807, 2.05) is 30.3 Å². The van der Waals surface area contributed by atoms with Gasteiger partial charge in [-0.1, -0.05) is 30.3 Å². The molecule has 0 radical (unpaired) electrons. The second kappa shape index (κ2) is 12.5. The number of hydrogen-bond acceptors (Lipinski definition) is 5. The Morgan fingerprint density at radius 2 is 2.00 bits per heavy atom. The third kappa shape index (κ3) is 7.03. The fraction of sp³-hybridized carbons (Fsp3) is 0.450. The summed E-state index contributed by atoms with van der Waals surface area (Å²) in [5, 5.41) is 2.81. The fourth-order valence-corrected chi connectivity index (χ4v) is 3.29. The van der Waals surface area contributed by atoms with E-state index >= 15 is 0 Å².